The summed E-state index contributed by atoms with van der Waals surface area (Å²) in [6.07, 6.45) is -24.2. The molecular formula is C9F19N. The molecule has 1 saturated heterocycles. The van der Waals surface area contributed by atoms with Crippen molar-refractivity contribution in [2.24, 2.45) is 0 Å². The zero-order chi connectivity index (χ0) is 24.1. The fourth-order valence-electron chi connectivity index (χ4n) is 2.29. The quantitative estimate of drug-likeness (QED) is 0.354. The molecule has 20 heteroatoms. The fraction of sp³-hybridized carbons (Fsp3) is 1.00. The molecule has 0 amide bonds. The van der Waals surface area contributed by atoms with Gasteiger partial charge in [-0.3, -0.25) is 0 Å². The van der Waals surface area contributed by atoms with Gasteiger partial charge in [-0.05, 0) is 0 Å². The first-order valence-electron chi connectivity index (χ1n) is 6.01. The summed E-state index contributed by atoms with van der Waals surface area (Å²) >= 11 is 0. The number of hydrogen-bond acceptors (Lipinski definition) is 1. The van der Waals surface area contributed by atoms with Gasteiger partial charge in [0.25, 0.3) is 0 Å². The Morgan fingerprint density at radius 3 is 0.862 bits per heavy atom. The number of alkyl halides is 19. The van der Waals surface area contributed by atoms with Gasteiger partial charge in [0.2, 0.25) is 0 Å². The standard InChI is InChI=1S/C9F19N/c10-1(4(14,15)16)2(11,5(17,18)19)8(25,26)29(7(1,23)24)9(27,28)3(12,13)6(20,21)22/t1-,2-/m1/s1. The molecule has 1 rings (SSSR count). The number of rotatable bonds is 2. The van der Waals surface area contributed by atoms with Crippen molar-refractivity contribution in [2.75, 3.05) is 0 Å². The molecule has 2 atom stereocenters. The Kier molecular flexibility index (Phi) is 5.00. The van der Waals surface area contributed by atoms with Gasteiger partial charge in [-0.1, -0.05) is 0 Å². The zero-order valence-electron chi connectivity index (χ0n) is 12.1. The highest BCUT2D eigenvalue weighted by molar-refractivity contribution is 5.28. The molecule has 0 saturated carbocycles. The third-order valence-electron chi connectivity index (χ3n) is 3.66. The van der Waals surface area contributed by atoms with E-state index in [1.54, 1.807) is 0 Å². The van der Waals surface area contributed by atoms with E-state index in [9.17, 15) is 83.4 Å². The highest BCUT2D eigenvalue weighted by Gasteiger charge is 3.06. The number of halogens is 19. The molecule has 174 valence electrons. The van der Waals surface area contributed by atoms with Crippen LogP contribution in [-0.4, -0.2) is 58.8 Å². The van der Waals surface area contributed by atoms with Gasteiger partial charge < -0.3 is 0 Å². The first-order valence-corrected chi connectivity index (χ1v) is 6.01. The lowest BCUT2D eigenvalue weighted by Crippen LogP contribution is -2.71. The van der Waals surface area contributed by atoms with Gasteiger partial charge >= 0.3 is 53.9 Å². The maximum atomic E-state index is 13.8. The van der Waals surface area contributed by atoms with Gasteiger partial charge in [0.15, 0.2) is 0 Å². The summed E-state index contributed by atoms with van der Waals surface area (Å²) < 4.78 is 244. The predicted octanol–water partition coefficient (Wildman–Crippen LogP) is 5.82. The molecule has 0 aromatic carbocycles. The summed E-state index contributed by atoms with van der Waals surface area (Å²) in [5.41, 5.74) is -16.9. The Morgan fingerprint density at radius 1 is 0.448 bits per heavy atom. The molecule has 1 aliphatic heterocycles. The van der Waals surface area contributed by atoms with Crippen LogP contribution in [0.25, 0.3) is 0 Å². The lowest BCUT2D eigenvalue weighted by atomic mass is 9.85. The van der Waals surface area contributed by atoms with E-state index in [0.717, 1.165) is 0 Å². The molecule has 0 aromatic rings. The largest absolute Gasteiger partial charge is 0.461 e. The number of nitrogens with zero attached hydrogens (tertiary/aromatic N) is 1. The molecule has 1 aliphatic rings. The van der Waals surface area contributed by atoms with Gasteiger partial charge in [0.05, 0.1) is 0 Å². The molecule has 0 bridgehead atoms. The van der Waals surface area contributed by atoms with Gasteiger partial charge in [-0.15, -0.1) is 4.90 Å². The number of likely N-dealkylation sites (tertiary alicyclic amines) is 1. The van der Waals surface area contributed by atoms with Crippen LogP contribution in [0.1, 0.15) is 0 Å². The second-order valence-electron chi connectivity index (χ2n) is 5.34. The van der Waals surface area contributed by atoms with Crippen LogP contribution in [0, 0.1) is 0 Å². The number of hydrogen-bond donors (Lipinski definition) is 0. The Balaban J connectivity index is 4.14. The SMILES string of the molecule is FC(F)(F)C(F)(F)C(F)(F)N1C(F)(F)[C@](F)(C(F)(F)F)[C@@](F)(C(F)(F)F)C1(F)F. The molecule has 1 fully saturated rings. The van der Waals surface area contributed by atoms with Crippen molar-refractivity contribution in [3.8, 4) is 0 Å². The van der Waals surface area contributed by atoms with Gasteiger partial charge in [0, 0.05) is 0 Å². The van der Waals surface area contributed by atoms with Crippen LogP contribution in [0.5, 0.6) is 0 Å². The van der Waals surface area contributed by atoms with Crippen LogP contribution in [-0.2, 0) is 0 Å². The van der Waals surface area contributed by atoms with E-state index in [2.05, 4.69) is 0 Å². The average Bonchev–Trinajstić information content (AvgIpc) is 2.49. The van der Waals surface area contributed by atoms with Crippen LogP contribution in [0.4, 0.5) is 83.4 Å². The summed E-state index contributed by atoms with van der Waals surface area (Å²) in [5.74, 6) is -8.24. The molecule has 0 unspecified atom stereocenters. The minimum absolute atomic E-state index is 4.71. The van der Waals surface area contributed by atoms with Gasteiger partial charge in [-0.25, -0.2) is 8.78 Å². The maximum Gasteiger partial charge on any atom is 0.461 e. The topological polar surface area (TPSA) is 3.24 Å². The van der Waals surface area contributed by atoms with E-state index < -0.39 is 58.8 Å². The minimum Gasteiger partial charge on any atom is -0.221 e. The van der Waals surface area contributed by atoms with E-state index in [0.29, 0.717) is 0 Å². The molecule has 0 radical (unpaired) electrons. The Bertz CT molecular complexity index is 614. The molecule has 1 nitrogen and oxygen atoms in total. The molecular weight excluding hydrogens is 483 g/mol. The molecule has 0 spiro atoms. The van der Waals surface area contributed by atoms with Crippen molar-refractivity contribution < 1.29 is 83.4 Å². The van der Waals surface area contributed by atoms with Crippen LogP contribution < -0.4 is 0 Å². The van der Waals surface area contributed by atoms with Crippen LogP contribution in [0.2, 0.25) is 0 Å². The average molecular weight is 483 g/mol. The first-order chi connectivity index (χ1) is 12.1. The van der Waals surface area contributed by atoms with E-state index in [1.807, 2.05) is 0 Å². The van der Waals surface area contributed by atoms with Gasteiger partial charge in [-0.2, -0.15) is 74.6 Å². The normalized spacial score (nSPS) is 32.0. The third kappa shape index (κ3) is 2.55. The summed E-state index contributed by atoms with van der Waals surface area (Å²) in [6, 6.07) is -25.1. The summed E-state index contributed by atoms with van der Waals surface area (Å²) in [4.78, 5) is -4.71. The maximum absolute atomic E-state index is 13.8. The molecule has 0 aromatic heterocycles. The van der Waals surface area contributed by atoms with E-state index in [-0.39, 0.29) is 0 Å². The van der Waals surface area contributed by atoms with Crippen molar-refractivity contribution in [1.82, 2.24) is 4.90 Å². The summed E-state index contributed by atoms with van der Waals surface area (Å²) in [7, 11) is 0. The lowest BCUT2D eigenvalue weighted by molar-refractivity contribution is -0.451. The Labute approximate surface area is 144 Å². The van der Waals surface area contributed by atoms with Crippen LogP contribution in [0.15, 0.2) is 0 Å². The minimum atomic E-state index is -8.46. The van der Waals surface area contributed by atoms with Crippen molar-refractivity contribution in [1.29, 1.82) is 0 Å². The molecule has 0 N–H and O–H groups in total. The predicted molar refractivity (Wildman–Crippen MR) is 47.5 cm³/mol. The molecule has 1 heterocycles. The van der Waals surface area contributed by atoms with Crippen LogP contribution in [0.3, 0.4) is 0 Å². The Morgan fingerprint density at radius 2 is 0.690 bits per heavy atom. The van der Waals surface area contributed by atoms with Crippen molar-refractivity contribution in [2.45, 2.75) is 53.9 Å². The van der Waals surface area contributed by atoms with Gasteiger partial charge in [0.1, 0.15) is 0 Å². The molecule has 0 aliphatic carbocycles. The summed E-state index contributed by atoms with van der Waals surface area (Å²) in [6.45, 7) is 0. The smallest absolute Gasteiger partial charge is 0.221 e. The van der Waals surface area contributed by atoms with Crippen molar-refractivity contribution in [3.05, 3.63) is 0 Å². The van der Waals surface area contributed by atoms with E-state index in [4.69, 9.17) is 0 Å². The first kappa shape index (κ1) is 25.7. The van der Waals surface area contributed by atoms with Crippen LogP contribution >= 0.6 is 0 Å². The second-order valence-corrected chi connectivity index (χ2v) is 5.34. The lowest BCUT2D eigenvalue weighted by Gasteiger charge is -2.39. The third-order valence-corrected chi connectivity index (χ3v) is 3.66. The van der Waals surface area contributed by atoms with E-state index in [1.165, 1.54) is 0 Å². The molecule has 29 heavy (non-hydrogen) atoms. The fourth-order valence-corrected chi connectivity index (χ4v) is 2.29. The van der Waals surface area contributed by atoms with Crippen molar-refractivity contribution >= 4 is 0 Å². The van der Waals surface area contributed by atoms with E-state index >= 15 is 0 Å². The summed E-state index contributed by atoms with van der Waals surface area (Å²) in [5, 5.41) is 0. The highest BCUT2D eigenvalue weighted by atomic mass is 19.4. The van der Waals surface area contributed by atoms with Crippen molar-refractivity contribution in [3.63, 3.8) is 0 Å². The Hall–Kier alpha value is -1.37. The zero-order valence-corrected chi connectivity index (χ0v) is 12.1. The highest BCUT2D eigenvalue weighted by Crippen LogP contribution is 2.73. The second kappa shape index (κ2) is 5.65. The monoisotopic (exact) mass is 483 g/mol.